The van der Waals surface area contributed by atoms with E-state index in [4.69, 9.17) is 9.73 Å². The Hall–Kier alpha value is -1.26. The molecule has 1 aliphatic heterocycles. The van der Waals surface area contributed by atoms with Gasteiger partial charge in [-0.3, -0.25) is 9.98 Å². The van der Waals surface area contributed by atoms with Crippen LogP contribution in [0.5, 0.6) is 0 Å². The van der Waals surface area contributed by atoms with Crippen molar-refractivity contribution in [2.75, 3.05) is 19.8 Å². The van der Waals surface area contributed by atoms with Crippen LogP contribution in [0.2, 0.25) is 0 Å². The smallest absolute Gasteiger partial charge is 0.103 e. The molecule has 1 saturated heterocycles. The highest BCUT2D eigenvalue weighted by Crippen LogP contribution is 2.61. The van der Waals surface area contributed by atoms with E-state index < -0.39 is 5.60 Å². The first kappa shape index (κ1) is 19.1. The van der Waals surface area contributed by atoms with Crippen LogP contribution in [0.4, 0.5) is 0 Å². The third kappa shape index (κ3) is 3.47. The Bertz CT molecular complexity index is 677. The molecule has 0 radical (unpaired) electrons. The summed E-state index contributed by atoms with van der Waals surface area (Å²) < 4.78 is 5.57. The third-order valence-corrected chi connectivity index (χ3v) is 7.86. The van der Waals surface area contributed by atoms with Gasteiger partial charge in [-0.05, 0) is 79.7 Å². The lowest BCUT2D eigenvalue weighted by Crippen LogP contribution is -2.64. The number of pyridine rings is 1. The zero-order valence-electron chi connectivity index (χ0n) is 17.0. The molecule has 2 bridgehead atoms. The van der Waals surface area contributed by atoms with Crippen LogP contribution in [0, 0.1) is 23.2 Å². The van der Waals surface area contributed by atoms with E-state index >= 15 is 0 Å². The van der Waals surface area contributed by atoms with E-state index in [-0.39, 0.29) is 5.41 Å². The minimum Gasteiger partial charge on any atom is -0.384 e. The summed E-state index contributed by atoms with van der Waals surface area (Å²) in [6.07, 6.45) is 9.23. The topological polar surface area (TPSA) is 54.7 Å². The highest BCUT2D eigenvalue weighted by molar-refractivity contribution is 5.94. The summed E-state index contributed by atoms with van der Waals surface area (Å²) in [5.41, 5.74) is 1.88. The molecule has 4 heteroatoms. The maximum atomic E-state index is 11.1. The summed E-state index contributed by atoms with van der Waals surface area (Å²) in [5.74, 6) is 2.16. The van der Waals surface area contributed by atoms with Gasteiger partial charge in [-0.2, -0.15) is 0 Å². The number of hydrogen-bond acceptors (Lipinski definition) is 4. The van der Waals surface area contributed by atoms with Crippen LogP contribution in [-0.2, 0) is 4.74 Å². The van der Waals surface area contributed by atoms with E-state index in [1.807, 2.05) is 25.4 Å². The van der Waals surface area contributed by atoms with E-state index in [9.17, 15) is 5.11 Å². The first-order chi connectivity index (χ1) is 12.9. The number of aliphatic imine (C=N–C) groups is 1. The quantitative estimate of drug-likeness (QED) is 0.843. The predicted molar refractivity (Wildman–Crippen MR) is 108 cm³/mol. The van der Waals surface area contributed by atoms with Gasteiger partial charge in [-0.1, -0.05) is 19.9 Å². The average Bonchev–Trinajstić information content (AvgIpc) is 2.66. The zero-order valence-corrected chi connectivity index (χ0v) is 17.0. The van der Waals surface area contributed by atoms with Crippen LogP contribution in [-0.4, -0.2) is 41.2 Å². The number of aliphatic hydroxyl groups is 1. The number of hydrogen-bond donors (Lipinski definition) is 1. The van der Waals surface area contributed by atoms with Crippen molar-refractivity contribution in [2.45, 2.75) is 64.4 Å². The molecule has 5 rings (SSSR count). The lowest BCUT2D eigenvalue weighted by atomic mass is 9.44. The van der Waals surface area contributed by atoms with E-state index in [1.165, 1.54) is 5.56 Å². The summed E-state index contributed by atoms with van der Waals surface area (Å²) in [7, 11) is 0. The minimum absolute atomic E-state index is 0.253. The summed E-state index contributed by atoms with van der Waals surface area (Å²) in [5, 5.41) is 11.1. The molecule has 1 aromatic heterocycles. The first-order valence-corrected chi connectivity index (χ1v) is 10.6. The lowest BCUT2D eigenvalue weighted by Gasteiger charge is -2.62. The number of ether oxygens (including phenoxy) is 1. The fourth-order valence-electron chi connectivity index (χ4n) is 5.91. The van der Waals surface area contributed by atoms with Gasteiger partial charge in [0, 0.05) is 37.9 Å². The van der Waals surface area contributed by atoms with Crippen LogP contribution in [0.25, 0.3) is 0 Å². The highest BCUT2D eigenvalue weighted by Gasteiger charge is 2.61. The molecule has 4 unspecified atom stereocenters. The first-order valence-electron chi connectivity index (χ1n) is 10.6. The van der Waals surface area contributed by atoms with E-state index in [0.29, 0.717) is 23.7 Å². The molecular weight excluding hydrogens is 336 g/mol. The second kappa shape index (κ2) is 7.29. The van der Waals surface area contributed by atoms with Gasteiger partial charge in [0.1, 0.15) is 5.60 Å². The number of fused-ring (bicyclic) bond motifs is 2. The molecule has 3 saturated carbocycles. The average molecular weight is 371 g/mol. The highest BCUT2D eigenvalue weighted by atomic mass is 16.5. The largest absolute Gasteiger partial charge is 0.384 e. The van der Waals surface area contributed by atoms with Crippen molar-refractivity contribution in [1.29, 1.82) is 0 Å². The summed E-state index contributed by atoms with van der Waals surface area (Å²) in [6, 6.07) is 4.24. The van der Waals surface area contributed by atoms with Crippen molar-refractivity contribution in [2.24, 2.45) is 28.2 Å². The fourth-order valence-corrected chi connectivity index (χ4v) is 5.91. The maximum absolute atomic E-state index is 11.1. The van der Waals surface area contributed by atoms with Gasteiger partial charge in [-0.15, -0.1) is 0 Å². The molecule has 0 spiro atoms. The molecule has 1 N–H and O–H groups in total. The van der Waals surface area contributed by atoms with Gasteiger partial charge in [-0.25, -0.2) is 0 Å². The Morgan fingerprint density at radius 1 is 1.30 bits per heavy atom. The molecule has 4 aliphatic rings. The van der Waals surface area contributed by atoms with Crippen LogP contribution in [0.1, 0.15) is 64.4 Å². The van der Waals surface area contributed by atoms with Crippen molar-refractivity contribution >= 4 is 5.71 Å². The molecular formula is C23H34N2O2. The van der Waals surface area contributed by atoms with Crippen LogP contribution < -0.4 is 0 Å². The van der Waals surface area contributed by atoms with Gasteiger partial charge in [0.15, 0.2) is 0 Å². The Morgan fingerprint density at radius 3 is 2.70 bits per heavy atom. The lowest BCUT2D eigenvalue weighted by molar-refractivity contribution is -0.134. The molecule has 1 aromatic rings. The van der Waals surface area contributed by atoms with E-state index in [1.54, 1.807) is 0 Å². The molecule has 4 atom stereocenters. The standard InChI is InChI=1S/C23H34N2O2/c1-22(2)18-13-20(22)23(3,26)21(14-18)25-10-6-19(16-7-11-27-12-8-16)17-5-4-9-24-15-17/h4-5,9,15-16,18-20,26H,6-8,10-14H2,1-3H3. The molecule has 0 aromatic carbocycles. The monoisotopic (exact) mass is 370 g/mol. The number of rotatable bonds is 5. The van der Waals surface area contributed by atoms with Gasteiger partial charge in [0.05, 0.1) is 0 Å². The van der Waals surface area contributed by atoms with Crippen LogP contribution >= 0.6 is 0 Å². The minimum atomic E-state index is -0.735. The fraction of sp³-hybridized carbons (Fsp3) is 0.739. The number of aromatic nitrogens is 1. The molecule has 2 heterocycles. The van der Waals surface area contributed by atoms with Crippen LogP contribution in [0.15, 0.2) is 29.5 Å². The zero-order chi connectivity index (χ0) is 19.1. The van der Waals surface area contributed by atoms with Gasteiger partial charge in [0.25, 0.3) is 0 Å². The molecule has 4 fully saturated rings. The van der Waals surface area contributed by atoms with Crippen molar-refractivity contribution < 1.29 is 9.84 Å². The van der Waals surface area contributed by atoms with E-state index in [2.05, 4.69) is 24.9 Å². The third-order valence-electron chi connectivity index (χ3n) is 7.86. The molecule has 0 amide bonds. The summed E-state index contributed by atoms with van der Waals surface area (Å²) in [6.45, 7) is 9.13. The normalized spacial score (nSPS) is 35.6. The summed E-state index contributed by atoms with van der Waals surface area (Å²) >= 11 is 0. The van der Waals surface area contributed by atoms with Crippen molar-refractivity contribution in [3.05, 3.63) is 30.1 Å². The molecule has 3 aliphatic carbocycles. The van der Waals surface area contributed by atoms with Crippen molar-refractivity contribution in [1.82, 2.24) is 4.98 Å². The number of nitrogens with zero attached hydrogens (tertiary/aromatic N) is 2. The van der Waals surface area contributed by atoms with Crippen LogP contribution in [0.3, 0.4) is 0 Å². The second-order valence-electron chi connectivity index (χ2n) is 9.62. The Balaban J connectivity index is 1.46. The molecule has 4 nitrogen and oxygen atoms in total. The SMILES string of the molecule is CC1(O)C(=NCCC(c2cccnc2)C2CCOCC2)CC2CC1C2(C)C. The molecule has 148 valence electrons. The van der Waals surface area contributed by atoms with Gasteiger partial charge in [0.2, 0.25) is 0 Å². The van der Waals surface area contributed by atoms with Crippen molar-refractivity contribution in [3.8, 4) is 0 Å². The Morgan fingerprint density at radius 2 is 2.07 bits per heavy atom. The Labute approximate surface area is 163 Å². The predicted octanol–water partition coefficient (Wildman–Crippen LogP) is 4.24. The molecule has 27 heavy (non-hydrogen) atoms. The van der Waals surface area contributed by atoms with E-state index in [0.717, 1.165) is 57.6 Å². The maximum Gasteiger partial charge on any atom is 0.103 e. The Kier molecular flexibility index (Phi) is 5.15. The van der Waals surface area contributed by atoms with Gasteiger partial charge < -0.3 is 9.84 Å². The second-order valence-corrected chi connectivity index (χ2v) is 9.62. The summed E-state index contributed by atoms with van der Waals surface area (Å²) in [4.78, 5) is 9.30. The van der Waals surface area contributed by atoms with Gasteiger partial charge >= 0.3 is 0 Å². The van der Waals surface area contributed by atoms with Crippen molar-refractivity contribution in [3.63, 3.8) is 0 Å².